The molecule has 2 N–H and O–H groups in total. The van der Waals surface area contributed by atoms with Crippen molar-refractivity contribution in [2.24, 2.45) is 0 Å². The maximum absolute atomic E-state index is 12.2. The number of hydrogen-bond donors (Lipinski definition) is 2. The van der Waals surface area contributed by atoms with Gasteiger partial charge in [-0.3, -0.25) is 0 Å². The lowest BCUT2D eigenvalue weighted by Gasteiger charge is -2.12. The highest BCUT2D eigenvalue weighted by atomic mass is 35.5. The Morgan fingerprint density at radius 3 is 2.50 bits per heavy atom. The van der Waals surface area contributed by atoms with E-state index in [0.717, 1.165) is 0 Å². The van der Waals surface area contributed by atoms with Crippen LogP contribution in [0.1, 0.15) is 6.92 Å². The van der Waals surface area contributed by atoms with Crippen molar-refractivity contribution >= 4 is 22.4 Å². The molecule has 0 saturated carbocycles. The molecular formula is C11H17ClF2N2O3S. The summed E-state index contributed by atoms with van der Waals surface area (Å²) in [5.74, 6) is -0.367. The summed E-state index contributed by atoms with van der Waals surface area (Å²) in [4.78, 5) is -0.299. The van der Waals surface area contributed by atoms with Gasteiger partial charge in [0.1, 0.15) is 10.6 Å². The van der Waals surface area contributed by atoms with Crippen LogP contribution in [0.15, 0.2) is 29.2 Å². The van der Waals surface area contributed by atoms with Crippen LogP contribution in [0.5, 0.6) is 5.75 Å². The van der Waals surface area contributed by atoms with Crippen molar-refractivity contribution in [1.29, 1.82) is 0 Å². The fourth-order valence-electron chi connectivity index (χ4n) is 1.39. The van der Waals surface area contributed by atoms with Gasteiger partial charge in [-0.25, -0.2) is 13.1 Å². The summed E-state index contributed by atoms with van der Waals surface area (Å²) in [5, 5.41) is 2.94. The van der Waals surface area contributed by atoms with Gasteiger partial charge >= 0.3 is 6.61 Å². The fourth-order valence-corrected chi connectivity index (χ4v) is 2.56. The zero-order valence-electron chi connectivity index (χ0n) is 10.8. The van der Waals surface area contributed by atoms with E-state index in [2.05, 4.69) is 14.8 Å². The van der Waals surface area contributed by atoms with E-state index in [1.54, 1.807) is 0 Å². The molecule has 0 spiro atoms. The molecule has 0 atom stereocenters. The Morgan fingerprint density at radius 2 is 1.90 bits per heavy atom. The Morgan fingerprint density at radius 1 is 1.25 bits per heavy atom. The number of alkyl halides is 2. The molecule has 9 heteroatoms. The van der Waals surface area contributed by atoms with Crippen LogP contribution >= 0.6 is 12.4 Å². The van der Waals surface area contributed by atoms with Gasteiger partial charge in [0.25, 0.3) is 0 Å². The number of sulfonamides is 1. The third-order valence-electron chi connectivity index (χ3n) is 2.20. The predicted octanol–water partition coefficient (Wildman–Crippen LogP) is 1.60. The maximum atomic E-state index is 12.2. The van der Waals surface area contributed by atoms with Gasteiger partial charge in [-0.1, -0.05) is 19.1 Å². The Balaban J connectivity index is 0.00000361. The lowest BCUT2D eigenvalue weighted by Crippen LogP contribution is -2.32. The molecule has 0 saturated heterocycles. The lowest BCUT2D eigenvalue weighted by atomic mass is 10.3. The van der Waals surface area contributed by atoms with Crippen molar-refractivity contribution < 1.29 is 21.9 Å². The van der Waals surface area contributed by atoms with Crippen molar-refractivity contribution in [3.63, 3.8) is 0 Å². The summed E-state index contributed by atoms with van der Waals surface area (Å²) in [6.45, 7) is 0.151. The highest BCUT2D eigenvalue weighted by molar-refractivity contribution is 7.89. The van der Waals surface area contributed by atoms with Gasteiger partial charge in [-0.15, -0.1) is 12.4 Å². The molecule has 0 heterocycles. The van der Waals surface area contributed by atoms with Crippen molar-refractivity contribution in [2.45, 2.75) is 18.4 Å². The molecule has 0 unspecified atom stereocenters. The quantitative estimate of drug-likeness (QED) is 0.710. The fraction of sp³-hybridized carbons (Fsp3) is 0.455. The van der Waals surface area contributed by atoms with Gasteiger partial charge < -0.3 is 10.1 Å². The number of para-hydroxylation sites is 1. The van der Waals surface area contributed by atoms with Gasteiger partial charge in [0.05, 0.1) is 0 Å². The van der Waals surface area contributed by atoms with Crippen molar-refractivity contribution in [3.05, 3.63) is 24.3 Å². The number of nitrogens with one attached hydrogen (secondary N) is 2. The van der Waals surface area contributed by atoms with Crippen LogP contribution in [0.2, 0.25) is 0 Å². The van der Waals surface area contributed by atoms with Gasteiger partial charge in [0.15, 0.2) is 0 Å². The molecule has 0 radical (unpaired) electrons. The second kappa shape index (κ2) is 9.06. The Labute approximate surface area is 123 Å². The van der Waals surface area contributed by atoms with Crippen LogP contribution in [0, 0.1) is 0 Å². The van der Waals surface area contributed by atoms with Gasteiger partial charge in [-0.05, 0) is 18.7 Å². The number of ether oxygens (including phenoxy) is 1. The van der Waals surface area contributed by atoms with E-state index in [9.17, 15) is 17.2 Å². The van der Waals surface area contributed by atoms with E-state index in [0.29, 0.717) is 13.1 Å². The van der Waals surface area contributed by atoms with E-state index in [1.807, 2.05) is 6.92 Å². The molecule has 1 aromatic rings. The molecule has 0 aromatic heterocycles. The second-order valence-electron chi connectivity index (χ2n) is 3.58. The van der Waals surface area contributed by atoms with Gasteiger partial charge in [-0.2, -0.15) is 8.78 Å². The average molecular weight is 331 g/mol. The molecule has 0 aliphatic heterocycles. The summed E-state index contributed by atoms with van der Waals surface area (Å²) >= 11 is 0. The zero-order valence-corrected chi connectivity index (χ0v) is 12.4. The highest BCUT2D eigenvalue weighted by Crippen LogP contribution is 2.24. The first kappa shape index (κ1) is 19.0. The first-order valence-corrected chi connectivity index (χ1v) is 7.20. The Hall–Kier alpha value is -0.960. The van der Waals surface area contributed by atoms with E-state index >= 15 is 0 Å². The summed E-state index contributed by atoms with van der Waals surface area (Å²) < 4.78 is 54.8. The average Bonchev–Trinajstić information content (AvgIpc) is 2.34. The minimum absolute atomic E-state index is 0. The number of halogens is 3. The second-order valence-corrected chi connectivity index (χ2v) is 5.31. The first-order chi connectivity index (χ1) is 8.97. The minimum atomic E-state index is -3.87. The van der Waals surface area contributed by atoms with Crippen molar-refractivity contribution in [1.82, 2.24) is 10.0 Å². The SMILES string of the molecule is CCNCCNS(=O)(=O)c1ccccc1OC(F)F.Cl. The van der Waals surface area contributed by atoms with Crippen LogP contribution in [0.4, 0.5) is 8.78 Å². The molecule has 1 aromatic carbocycles. The molecule has 116 valence electrons. The molecule has 0 aliphatic carbocycles. The molecule has 0 fully saturated rings. The maximum Gasteiger partial charge on any atom is 0.387 e. The monoisotopic (exact) mass is 330 g/mol. The van der Waals surface area contributed by atoms with Gasteiger partial charge in [0.2, 0.25) is 10.0 Å². The molecule has 0 amide bonds. The third kappa shape index (κ3) is 6.00. The topological polar surface area (TPSA) is 67.4 Å². The van der Waals surface area contributed by atoms with Crippen LogP contribution in [0.3, 0.4) is 0 Å². The number of hydrogen-bond acceptors (Lipinski definition) is 4. The smallest absolute Gasteiger partial charge is 0.387 e. The van der Waals surface area contributed by atoms with Crippen LogP contribution in [-0.2, 0) is 10.0 Å². The third-order valence-corrected chi connectivity index (χ3v) is 3.70. The lowest BCUT2D eigenvalue weighted by molar-refractivity contribution is -0.0517. The van der Waals surface area contributed by atoms with Crippen LogP contribution in [-0.4, -0.2) is 34.7 Å². The van der Waals surface area contributed by atoms with E-state index in [4.69, 9.17) is 0 Å². The Bertz CT molecular complexity index is 500. The summed E-state index contributed by atoms with van der Waals surface area (Å²) in [6.07, 6.45) is 0. The van der Waals surface area contributed by atoms with Crippen LogP contribution < -0.4 is 14.8 Å². The molecular weight excluding hydrogens is 314 g/mol. The largest absolute Gasteiger partial charge is 0.433 e. The normalized spacial score (nSPS) is 11.2. The Kier molecular flexibility index (Phi) is 8.63. The van der Waals surface area contributed by atoms with E-state index in [1.165, 1.54) is 24.3 Å². The number of benzene rings is 1. The molecule has 20 heavy (non-hydrogen) atoms. The van der Waals surface area contributed by atoms with Crippen molar-refractivity contribution in [2.75, 3.05) is 19.6 Å². The summed E-state index contributed by atoms with van der Waals surface area (Å²) in [7, 11) is -3.87. The van der Waals surface area contributed by atoms with Crippen LogP contribution in [0.25, 0.3) is 0 Å². The molecule has 1 rings (SSSR count). The van der Waals surface area contributed by atoms with Gasteiger partial charge in [0, 0.05) is 13.1 Å². The minimum Gasteiger partial charge on any atom is -0.433 e. The van der Waals surface area contributed by atoms with Crippen molar-refractivity contribution in [3.8, 4) is 5.75 Å². The van der Waals surface area contributed by atoms with E-state index < -0.39 is 16.6 Å². The summed E-state index contributed by atoms with van der Waals surface area (Å²) in [6, 6.07) is 5.27. The number of likely N-dealkylation sites (N-methyl/N-ethyl adjacent to an activating group) is 1. The number of rotatable bonds is 8. The summed E-state index contributed by atoms with van der Waals surface area (Å²) in [5.41, 5.74) is 0. The van der Waals surface area contributed by atoms with E-state index in [-0.39, 0.29) is 29.6 Å². The predicted molar refractivity (Wildman–Crippen MR) is 74.1 cm³/mol. The standard InChI is InChI=1S/C11H16F2N2O3S.ClH/c1-2-14-7-8-15-19(16,17)10-6-4-3-5-9(10)18-11(12)13;/h3-6,11,14-15H,2,7-8H2,1H3;1H. The molecule has 0 bridgehead atoms. The first-order valence-electron chi connectivity index (χ1n) is 5.71. The molecule has 0 aliphatic rings. The zero-order chi connectivity index (χ0) is 14.3. The highest BCUT2D eigenvalue weighted by Gasteiger charge is 2.20. The molecule has 5 nitrogen and oxygen atoms in total.